The molecule has 0 saturated carbocycles. The zero-order valence-electron chi connectivity index (χ0n) is 15.4. The number of nitrogens with one attached hydrogen (secondary N) is 1. The van der Waals surface area contributed by atoms with E-state index in [1.807, 2.05) is 0 Å². The highest BCUT2D eigenvalue weighted by molar-refractivity contribution is 6.20. The molecule has 3 rings (SSSR count). The highest BCUT2D eigenvalue weighted by Crippen LogP contribution is 2.18. The molecule has 8 heteroatoms. The van der Waals surface area contributed by atoms with Crippen LogP contribution in [0.5, 0.6) is 5.75 Å². The minimum absolute atomic E-state index is 0.0716. The molecular weight excluding hydrogens is 374 g/mol. The summed E-state index contributed by atoms with van der Waals surface area (Å²) in [4.78, 5) is 27.4. The number of nitro groups is 1. The fourth-order valence-electron chi connectivity index (χ4n) is 2.67. The molecule has 0 unspecified atom stereocenters. The minimum atomic E-state index is -0.759. The predicted octanol–water partition coefficient (Wildman–Crippen LogP) is 3.42. The Morgan fingerprint density at radius 3 is 2.69 bits per heavy atom. The molecule has 0 aromatic heterocycles. The normalized spacial score (nSPS) is 14.6. The average Bonchev–Trinajstić information content (AvgIpc) is 2.74. The number of non-ortho nitro benzene ring substituents is 1. The van der Waals surface area contributed by atoms with Crippen molar-refractivity contribution in [3.8, 4) is 5.75 Å². The number of nitrogens with zero attached hydrogens (tertiary/aromatic N) is 2. The Balaban J connectivity index is 1.92. The molecule has 0 fully saturated rings. The average molecular weight is 393 g/mol. The van der Waals surface area contributed by atoms with Crippen LogP contribution in [0.15, 0.2) is 77.0 Å². The van der Waals surface area contributed by atoms with E-state index in [1.165, 1.54) is 30.4 Å². The minimum Gasteiger partial charge on any atom is -0.507 e. The summed E-state index contributed by atoms with van der Waals surface area (Å²) in [5.41, 5.74) is 0.327. The maximum absolute atomic E-state index is 12.7. The largest absolute Gasteiger partial charge is 0.507 e. The number of benzene rings is 2. The summed E-state index contributed by atoms with van der Waals surface area (Å²) in [5, 5.41) is 24.5. The molecule has 1 heterocycles. The smallest absolute Gasteiger partial charge is 0.351 e. The van der Waals surface area contributed by atoms with Gasteiger partial charge in [-0.25, -0.2) is 4.79 Å². The number of esters is 1. The second-order valence-corrected chi connectivity index (χ2v) is 6.16. The van der Waals surface area contributed by atoms with Crippen molar-refractivity contribution in [3.05, 3.63) is 87.7 Å². The number of ether oxygens (including phenoxy) is 1. The number of para-hydroxylation sites is 1. The zero-order valence-corrected chi connectivity index (χ0v) is 15.4. The molecule has 29 heavy (non-hydrogen) atoms. The van der Waals surface area contributed by atoms with E-state index in [0.717, 1.165) is 6.42 Å². The lowest BCUT2D eigenvalue weighted by Crippen LogP contribution is -2.35. The topological polar surface area (TPSA) is 114 Å². The number of allylic oxidation sites excluding steroid dienone is 1. The van der Waals surface area contributed by atoms with Crippen molar-refractivity contribution in [1.29, 1.82) is 0 Å². The van der Waals surface area contributed by atoms with Gasteiger partial charge in [0.25, 0.3) is 5.69 Å². The molecule has 1 aliphatic heterocycles. The number of rotatable bonds is 6. The van der Waals surface area contributed by atoms with Crippen molar-refractivity contribution >= 4 is 23.6 Å². The Bertz CT molecular complexity index is 996. The molecule has 2 aromatic carbocycles. The first kappa shape index (κ1) is 19.8. The van der Waals surface area contributed by atoms with Crippen molar-refractivity contribution in [3.63, 3.8) is 0 Å². The molecule has 148 valence electrons. The number of amidine groups is 1. The van der Waals surface area contributed by atoms with Gasteiger partial charge >= 0.3 is 5.97 Å². The zero-order chi connectivity index (χ0) is 20.6. The van der Waals surface area contributed by atoms with E-state index in [0.29, 0.717) is 24.4 Å². The van der Waals surface area contributed by atoms with Gasteiger partial charge in [-0.2, -0.15) is 0 Å². The van der Waals surface area contributed by atoms with Crippen LogP contribution < -0.4 is 10.1 Å². The molecule has 1 aliphatic rings. The Labute approximate surface area is 167 Å². The summed E-state index contributed by atoms with van der Waals surface area (Å²) < 4.78 is 5.35. The Morgan fingerprint density at radius 2 is 2.00 bits per heavy atom. The lowest BCUT2D eigenvalue weighted by Gasteiger charge is -2.17. The van der Waals surface area contributed by atoms with E-state index in [-0.39, 0.29) is 22.9 Å². The first-order chi connectivity index (χ1) is 14.0. The van der Waals surface area contributed by atoms with E-state index in [9.17, 15) is 20.0 Å². The van der Waals surface area contributed by atoms with Gasteiger partial charge in [0.05, 0.1) is 4.92 Å². The Kier molecular flexibility index (Phi) is 6.36. The van der Waals surface area contributed by atoms with Gasteiger partial charge in [0.1, 0.15) is 22.9 Å². The SMILES string of the molecule is O=C(Oc1ccccc1)C(C1=NCCCN1)=C(O)/C=C\c1cccc([N+](=O)[O-])c1. The molecule has 0 bridgehead atoms. The van der Waals surface area contributed by atoms with Gasteiger partial charge in [-0.1, -0.05) is 36.4 Å². The quantitative estimate of drug-likeness (QED) is 0.148. The van der Waals surface area contributed by atoms with Crippen LogP contribution in [0.3, 0.4) is 0 Å². The summed E-state index contributed by atoms with van der Waals surface area (Å²) in [7, 11) is 0. The monoisotopic (exact) mass is 393 g/mol. The number of hydrogen-bond donors (Lipinski definition) is 2. The van der Waals surface area contributed by atoms with E-state index in [4.69, 9.17) is 4.74 Å². The first-order valence-electron chi connectivity index (χ1n) is 8.96. The summed E-state index contributed by atoms with van der Waals surface area (Å²) in [6, 6.07) is 14.4. The second-order valence-electron chi connectivity index (χ2n) is 6.16. The highest BCUT2D eigenvalue weighted by Gasteiger charge is 2.24. The fraction of sp³-hybridized carbons (Fsp3) is 0.143. The van der Waals surface area contributed by atoms with Crippen LogP contribution in [0.2, 0.25) is 0 Å². The standard InChI is InChI=1S/C21H19N3O5/c25-18(11-10-15-6-4-7-16(14-15)24(27)28)19(20-22-12-5-13-23-20)21(26)29-17-8-2-1-3-9-17/h1-4,6-11,14,25H,5,12-13H2,(H,22,23)/b11-10-,19-18?. The van der Waals surface area contributed by atoms with Crippen LogP contribution in [-0.2, 0) is 4.79 Å². The van der Waals surface area contributed by atoms with Crippen LogP contribution in [0.1, 0.15) is 12.0 Å². The first-order valence-corrected chi connectivity index (χ1v) is 8.96. The van der Waals surface area contributed by atoms with Crippen molar-refractivity contribution < 1.29 is 19.6 Å². The number of hydrogen-bond acceptors (Lipinski definition) is 7. The number of nitro benzene ring substituents is 1. The van der Waals surface area contributed by atoms with Crippen molar-refractivity contribution in [2.24, 2.45) is 4.99 Å². The van der Waals surface area contributed by atoms with Gasteiger partial charge in [0.2, 0.25) is 0 Å². The third-order valence-corrected chi connectivity index (χ3v) is 4.06. The maximum Gasteiger partial charge on any atom is 0.351 e. The van der Waals surface area contributed by atoms with Gasteiger partial charge in [0.15, 0.2) is 0 Å². The lowest BCUT2D eigenvalue weighted by molar-refractivity contribution is -0.384. The Morgan fingerprint density at radius 1 is 1.21 bits per heavy atom. The number of carbonyl (C=O) groups is 1. The maximum atomic E-state index is 12.7. The van der Waals surface area contributed by atoms with Gasteiger partial charge in [-0.3, -0.25) is 15.1 Å². The van der Waals surface area contributed by atoms with Gasteiger partial charge in [0, 0.05) is 25.2 Å². The van der Waals surface area contributed by atoms with E-state index in [1.54, 1.807) is 36.4 Å². The molecule has 0 saturated heterocycles. The predicted molar refractivity (Wildman–Crippen MR) is 109 cm³/mol. The molecular formula is C21H19N3O5. The van der Waals surface area contributed by atoms with Crippen molar-refractivity contribution in [1.82, 2.24) is 5.32 Å². The molecule has 8 nitrogen and oxygen atoms in total. The van der Waals surface area contributed by atoms with Crippen LogP contribution >= 0.6 is 0 Å². The summed E-state index contributed by atoms with van der Waals surface area (Å²) >= 11 is 0. The van der Waals surface area contributed by atoms with Gasteiger partial charge < -0.3 is 15.2 Å². The van der Waals surface area contributed by atoms with Crippen molar-refractivity contribution in [2.75, 3.05) is 13.1 Å². The lowest BCUT2D eigenvalue weighted by atomic mass is 10.1. The molecule has 2 aromatic rings. The Hall–Kier alpha value is -3.94. The fourth-order valence-corrected chi connectivity index (χ4v) is 2.67. The van der Waals surface area contributed by atoms with Crippen LogP contribution in [-0.4, -0.2) is 34.9 Å². The second kappa shape index (κ2) is 9.32. The molecule has 0 amide bonds. The molecule has 0 aliphatic carbocycles. The van der Waals surface area contributed by atoms with E-state index < -0.39 is 10.9 Å². The third-order valence-electron chi connectivity index (χ3n) is 4.06. The third kappa shape index (κ3) is 5.29. The molecule has 0 spiro atoms. The number of carbonyl (C=O) groups excluding carboxylic acids is 1. The number of aliphatic hydroxyl groups excluding tert-OH is 1. The van der Waals surface area contributed by atoms with Crippen LogP contribution in [0, 0.1) is 10.1 Å². The van der Waals surface area contributed by atoms with E-state index in [2.05, 4.69) is 10.3 Å². The summed E-state index contributed by atoms with van der Waals surface area (Å²) in [5.74, 6) is -0.531. The molecule has 2 N–H and O–H groups in total. The van der Waals surface area contributed by atoms with Crippen LogP contribution in [0.4, 0.5) is 5.69 Å². The molecule has 0 atom stereocenters. The van der Waals surface area contributed by atoms with Crippen molar-refractivity contribution in [2.45, 2.75) is 6.42 Å². The highest BCUT2D eigenvalue weighted by atomic mass is 16.6. The number of aliphatic hydroxyl groups is 1. The summed E-state index contributed by atoms with van der Waals surface area (Å²) in [6.07, 6.45) is 3.58. The van der Waals surface area contributed by atoms with Gasteiger partial charge in [-0.15, -0.1) is 0 Å². The number of aliphatic imine (C=N–C) groups is 1. The van der Waals surface area contributed by atoms with E-state index >= 15 is 0 Å². The molecule has 0 radical (unpaired) electrons. The summed E-state index contributed by atoms with van der Waals surface area (Å²) in [6.45, 7) is 1.13. The van der Waals surface area contributed by atoms with Crippen LogP contribution in [0.25, 0.3) is 6.08 Å². The van der Waals surface area contributed by atoms with Gasteiger partial charge in [-0.05, 0) is 30.2 Å².